The molecule has 1 aromatic rings. The van der Waals surface area contributed by atoms with Crippen molar-refractivity contribution in [1.82, 2.24) is 5.32 Å². The lowest BCUT2D eigenvalue weighted by Gasteiger charge is -2.41. The molecule has 0 spiro atoms. The molecule has 4 aliphatic rings. The number of carbonyl (C=O) groups is 2. The van der Waals surface area contributed by atoms with Crippen LogP contribution in [-0.4, -0.2) is 24.6 Å². The van der Waals surface area contributed by atoms with Gasteiger partial charge in [-0.3, -0.25) is 4.79 Å². The van der Waals surface area contributed by atoms with Gasteiger partial charge in [0, 0.05) is 23.7 Å². The lowest BCUT2D eigenvalue weighted by Crippen LogP contribution is -2.43. The molecule has 2 aliphatic heterocycles. The average molecular weight is 452 g/mol. The van der Waals surface area contributed by atoms with E-state index in [2.05, 4.69) is 25.2 Å². The second kappa shape index (κ2) is 8.54. The minimum absolute atomic E-state index is 0.0596. The fourth-order valence-electron chi connectivity index (χ4n) is 5.78. The highest BCUT2D eigenvalue weighted by Gasteiger charge is 2.46. The van der Waals surface area contributed by atoms with Crippen molar-refractivity contribution < 1.29 is 23.8 Å². The van der Waals surface area contributed by atoms with Gasteiger partial charge in [0.05, 0.1) is 11.5 Å². The summed E-state index contributed by atoms with van der Waals surface area (Å²) in [6.07, 6.45) is 8.89. The Bertz CT molecular complexity index is 1030. The first-order chi connectivity index (χ1) is 15.8. The predicted octanol–water partition coefficient (Wildman–Crippen LogP) is 5.14. The van der Waals surface area contributed by atoms with Crippen LogP contribution in [0.4, 0.5) is 0 Å². The zero-order valence-electron chi connectivity index (χ0n) is 19.7. The molecule has 2 atom stereocenters. The summed E-state index contributed by atoms with van der Waals surface area (Å²) in [5, 5.41) is 3.40. The Labute approximate surface area is 195 Å². The lowest BCUT2D eigenvalue weighted by molar-refractivity contribution is -0.145. The molecule has 1 saturated carbocycles. The van der Waals surface area contributed by atoms with Crippen LogP contribution in [0.1, 0.15) is 77.2 Å². The molecule has 0 aromatic heterocycles. The minimum Gasteiger partial charge on any atom is -0.459 e. The Morgan fingerprint density at radius 2 is 1.79 bits per heavy atom. The first-order valence-electron chi connectivity index (χ1n) is 12.2. The number of ketones is 1. The summed E-state index contributed by atoms with van der Waals surface area (Å²) < 4.78 is 17.2. The SMILES string of the molecule is CC1=C(C(=O)OC2CCCCCC2)C(c2ccc3c(c2)OCO3)C2C(=O)CC(C)(C)C=C2N1. The highest BCUT2D eigenvalue weighted by Crippen LogP contribution is 2.48. The van der Waals surface area contributed by atoms with E-state index in [-0.39, 0.29) is 30.1 Å². The Morgan fingerprint density at radius 1 is 1.06 bits per heavy atom. The smallest absolute Gasteiger partial charge is 0.336 e. The fourth-order valence-corrected chi connectivity index (χ4v) is 5.78. The van der Waals surface area contributed by atoms with Gasteiger partial charge in [0.2, 0.25) is 6.79 Å². The molecule has 2 aliphatic carbocycles. The van der Waals surface area contributed by atoms with Crippen molar-refractivity contribution in [3.8, 4) is 11.5 Å². The van der Waals surface area contributed by atoms with Crippen LogP contribution in [0.25, 0.3) is 0 Å². The van der Waals surface area contributed by atoms with Gasteiger partial charge in [-0.15, -0.1) is 0 Å². The van der Waals surface area contributed by atoms with E-state index in [1.54, 1.807) is 0 Å². The number of allylic oxidation sites excluding steroid dienone is 3. The normalized spacial score (nSPS) is 26.8. The predicted molar refractivity (Wildman–Crippen MR) is 124 cm³/mol. The molecule has 2 heterocycles. The van der Waals surface area contributed by atoms with Gasteiger partial charge in [0.1, 0.15) is 11.9 Å². The zero-order valence-corrected chi connectivity index (χ0v) is 19.7. The second-order valence-corrected chi connectivity index (χ2v) is 10.5. The highest BCUT2D eigenvalue weighted by molar-refractivity contribution is 5.96. The maximum atomic E-state index is 13.6. The summed E-state index contributed by atoms with van der Waals surface area (Å²) in [7, 11) is 0. The average Bonchev–Trinajstić information content (AvgIpc) is 3.07. The molecular weight excluding hydrogens is 418 g/mol. The van der Waals surface area contributed by atoms with Gasteiger partial charge < -0.3 is 19.5 Å². The van der Waals surface area contributed by atoms with Crippen molar-refractivity contribution in [2.24, 2.45) is 11.3 Å². The molecule has 5 rings (SSSR count). The third-order valence-electron chi connectivity index (χ3n) is 7.29. The van der Waals surface area contributed by atoms with Gasteiger partial charge in [-0.1, -0.05) is 38.8 Å². The van der Waals surface area contributed by atoms with Crippen molar-refractivity contribution >= 4 is 11.8 Å². The zero-order chi connectivity index (χ0) is 23.2. The van der Waals surface area contributed by atoms with Crippen LogP contribution in [0.15, 0.2) is 41.2 Å². The van der Waals surface area contributed by atoms with Crippen LogP contribution < -0.4 is 14.8 Å². The second-order valence-electron chi connectivity index (χ2n) is 10.5. The van der Waals surface area contributed by atoms with Crippen LogP contribution in [0.2, 0.25) is 0 Å². The molecule has 1 aromatic carbocycles. The summed E-state index contributed by atoms with van der Waals surface area (Å²) in [6.45, 7) is 6.23. The number of hydrogen-bond donors (Lipinski definition) is 1. The number of fused-ring (bicyclic) bond motifs is 2. The van der Waals surface area contributed by atoms with Crippen LogP contribution in [0.5, 0.6) is 11.5 Å². The minimum atomic E-state index is -0.446. The molecule has 1 N–H and O–H groups in total. The van der Waals surface area contributed by atoms with Gasteiger partial charge in [-0.25, -0.2) is 4.79 Å². The number of benzene rings is 1. The summed E-state index contributed by atoms with van der Waals surface area (Å²) in [6, 6.07) is 5.72. The highest BCUT2D eigenvalue weighted by atomic mass is 16.7. The third-order valence-corrected chi connectivity index (χ3v) is 7.29. The Kier molecular flexibility index (Phi) is 5.71. The maximum Gasteiger partial charge on any atom is 0.336 e. The largest absolute Gasteiger partial charge is 0.459 e. The number of rotatable bonds is 3. The molecular formula is C27H33NO5. The molecule has 1 fully saturated rings. The van der Waals surface area contributed by atoms with E-state index in [1.807, 2.05) is 25.1 Å². The van der Waals surface area contributed by atoms with Crippen molar-refractivity contribution in [3.05, 3.63) is 46.8 Å². The van der Waals surface area contributed by atoms with Gasteiger partial charge in [0.15, 0.2) is 11.5 Å². The van der Waals surface area contributed by atoms with E-state index in [1.165, 1.54) is 12.8 Å². The maximum absolute atomic E-state index is 13.6. The van der Waals surface area contributed by atoms with Crippen LogP contribution >= 0.6 is 0 Å². The molecule has 2 unspecified atom stereocenters. The first kappa shape index (κ1) is 22.1. The molecule has 176 valence electrons. The third kappa shape index (κ3) is 4.28. The molecule has 6 heteroatoms. The van der Waals surface area contributed by atoms with Gasteiger partial charge >= 0.3 is 5.97 Å². The van der Waals surface area contributed by atoms with E-state index in [0.717, 1.165) is 42.6 Å². The molecule has 0 radical (unpaired) electrons. The fraction of sp³-hybridized carbons (Fsp3) is 0.556. The number of nitrogens with one attached hydrogen (secondary N) is 1. The number of ether oxygens (including phenoxy) is 3. The van der Waals surface area contributed by atoms with Gasteiger partial charge in [0.25, 0.3) is 0 Å². The van der Waals surface area contributed by atoms with E-state index in [4.69, 9.17) is 14.2 Å². The van der Waals surface area contributed by atoms with Crippen molar-refractivity contribution in [2.75, 3.05) is 6.79 Å². The summed E-state index contributed by atoms with van der Waals surface area (Å²) in [5.41, 5.74) is 2.82. The summed E-state index contributed by atoms with van der Waals surface area (Å²) in [4.78, 5) is 27.1. The number of hydrogen-bond acceptors (Lipinski definition) is 6. The number of esters is 1. The number of carbonyl (C=O) groups excluding carboxylic acids is 2. The van der Waals surface area contributed by atoms with E-state index in [0.29, 0.717) is 23.5 Å². The van der Waals surface area contributed by atoms with Crippen molar-refractivity contribution in [2.45, 2.75) is 77.7 Å². The van der Waals surface area contributed by atoms with Crippen LogP contribution in [0, 0.1) is 11.3 Å². The first-order valence-corrected chi connectivity index (χ1v) is 12.2. The standard InChI is InChI=1S/C27H33NO5/c1-16-23(26(30)33-18-8-6-4-5-7-9-18)24(17-10-11-21-22(12-17)32-15-31-21)25-19(28-16)13-27(2,3)14-20(25)29/h10-13,18,24-25,28H,4-9,14-15H2,1-3H3. The van der Waals surface area contributed by atoms with Crippen LogP contribution in [0.3, 0.4) is 0 Å². The monoisotopic (exact) mass is 451 g/mol. The summed E-state index contributed by atoms with van der Waals surface area (Å²) >= 11 is 0. The topological polar surface area (TPSA) is 73.9 Å². The van der Waals surface area contributed by atoms with Crippen LogP contribution in [-0.2, 0) is 14.3 Å². The summed E-state index contributed by atoms with van der Waals surface area (Å²) in [5.74, 6) is 0.288. The van der Waals surface area contributed by atoms with Gasteiger partial charge in [-0.05, 0) is 55.7 Å². The molecule has 0 bridgehead atoms. The molecule has 0 amide bonds. The van der Waals surface area contributed by atoms with E-state index < -0.39 is 11.8 Å². The Hall–Kier alpha value is -2.76. The quantitative estimate of drug-likeness (QED) is 0.507. The Morgan fingerprint density at radius 3 is 2.55 bits per heavy atom. The molecule has 0 saturated heterocycles. The Balaban J connectivity index is 1.56. The van der Waals surface area contributed by atoms with Gasteiger partial charge in [-0.2, -0.15) is 0 Å². The molecule has 6 nitrogen and oxygen atoms in total. The van der Waals surface area contributed by atoms with E-state index >= 15 is 0 Å². The lowest BCUT2D eigenvalue weighted by atomic mass is 9.66. The van der Waals surface area contributed by atoms with E-state index in [9.17, 15) is 9.59 Å². The molecule has 33 heavy (non-hydrogen) atoms. The van der Waals surface area contributed by atoms with Crippen molar-refractivity contribution in [1.29, 1.82) is 0 Å². The number of Topliss-reactive ketones (excluding diaryl/α,β-unsaturated/α-hetero) is 1. The van der Waals surface area contributed by atoms with Crippen molar-refractivity contribution in [3.63, 3.8) is 0 Å².